The van der Waals surface area contributed by atoms with Gasteiger partial charge in [0.25, 0.3) is 0 Å². The molecular weight excluding hydrogens is 458 g/mol. The van der Waals surface area contributed by atoms with Gasteiger partial charge in [-0.2, -0.15) is 0 Å². The molecule has 1 unspecified atom stereocenters. The lowest BCUT2D eigenvalue weighted by Crippen LogP contribution is -2.34. The summed E-state index contributed by atoms with van der Waals surface area (Å²) in [6.45, 7) is 1.88. The molecule has 2 aliphatic rings. The number of anilines is 1. The van der Waals surface area contributed by atoms with Crippen LogP contribution in [0.25, 0.3) is 11.0 Å². The van der Waals surface area contributed by atoms with Crippen LogP contribution >= 0.6 is 0 Å². The molecule has 0 fully saturated rings. The molecule has 5 rings (SSSR count). The van der Waals surface area contributed by atoms with Crippen molar-refractivity contribution in [1.29, 1.82) is 0 Å². The number of carbonyl (C=O) groups excluding carboxylic acids is 3. The summed E-state index contributed by atoms with van der Waals surface area (Å²) in [5.74, 6) is -2.52. The van der Waals surface area contributed by atoms with Gasteiger partial charge in [-0.05, 0) is 43.9 Å². The Hall–Kier alpha value is -4.20. The number of aromatic nitrogens is 2. The number of nitrogen functional groups attached to an aromatic ring is 1. The van der Waals surface area contributed by atoms with Gasteiger partial charge in [0.1, 0.15) is 16.8 Å². The molecule has 0 spiro atoms. The molecule has 0 radical (unpaired) electrons. The van der Waals surface area contributed by atoms with Crippen LogP contribution in [0.15, 0.2) is 71.2 Å². The van der Waals surface area contributed by atoms with E-state index in [1.54, 1.807) is 24.3 Å². The Morgan fingerprint density at radius 2 is 1.61 bits per heavy atom. The summed E-state index contributed by atoms with van der Waals surface area (Å²) in [6, 6.07) is 14.6. The highest BCUT2D eigenvalue weighted by atomic mass is 16.3. The lowest BCUT2D eigenvalue weighted by molar-refractivity contribution is -0.325. The lowest BCUT2D eigenvalue weighted by atomic mass is 9.74. The second kappa shape index (κ2) is 10.6. The van der Waals surface area contributed by atoms with Gasteiger partial charge < -0.3 is 10.2 Å². The Morgan fingerprint density at radius 1 is 0.972 bits per heavy atom. The lowest BCUT2D eigenvalue weighted by Gasteiger charge is -2.31. The quantitative estimate of drug-likeness (QED) is 0.481. The van der Waals surface area contributed by atoms with Gasteiger partial charge in [0.15, 0.2) is 17.3 Å². The highest BCUT2D eigenvalue weighted by Gasteiger charge is 2.38. The second-order valence-corrected chi connectivity index (χ2v) is 9.12. The molecule has 0 bridgehead atoms. The van der Waals surface area contributed by atoms with Crippen molar-refractivity contribution < 1.29 is 29.6 Å². The number of para-hydroxylation sites is 2. The van der Waals surface area contributed by atoms with Crippen LogP contribution in [0.4, 0.5) is 5.95 Å². The number of H-pyrrole nitrogens is 2. The topological polar surface area (TPSA) is 150 Å². The Labute approximate surface area is 208 Å². The minimum Gasteiger partial charge on any atom is -0.875 e. The first-order chi connectivity index (χ1) is 17.3. The predicted octanol–water partition coefficient (Wildman–Crippen LogP) is 3.29. The second-order valence-electron chi connectivity index (χ2n) is 9.12. The maximum absolute atomic E-state index is 13.2. The maximum Gasteiger partial charge on any atom is 0.351 e. The fraction of sp³-hybridized carbons (Fsp3) is 0.286. The van der Waals surface area contributed by atoms with Crippen molar-refractivity contribution in [3.05, 3.63) is 82.3 Å². The Balaban J connectivity index is 0.000000251. The largest absolute Gasteiger partial charge is 0.875 e. The Bertz CT molecular complexity index is 1310. The molecule has 8 heteroatoms. The molecule has 0 amide bonds. The zero-order valence-corrected chi connectivity index (χ0v) is 20.1. The number of nitrogens with two attached hydrogens (primary N) is 1. The molecule has 0 saturated carbocycles. The van der Waals surface area contributed by atoms with Crippen LogP contribution in [-0.4, -0.2) is 27.4 Å². The number of hydrogen-bond donors (Lipinski definition) is 3. The molecule has 1 heterocycles. The van der Waals surface area contributed by atoms with Crippen LogP contribution in [0.1, 0.15) is 54.4 Å². The van der Waals surface area contributed by atoms with Crippen LogP contribution in [0.3, 0.4) is 0 Å². The third-order valence-electron chi connectivity index (χ3n) is 6.48. The number of aromatic amines is 2. The number of allylic oxidation sites excluding steroid dienone is 4. The van der Waals surface area contributed by atoms with Crippen LogP contribution in [0.2, 0.25) is 0 Å². The predicted molar refractivity (Wildman–Crippen MR) is 133 cm³/mol. The molecule has 2 aliphatic carbocycles. The minimum absolute atomic E-state index is 0.0691. The summed E-state index contributed by atoms with van der Waals surface area (Å²) in [5, 5.41) is 22.8. The number of carbonyl (C=O) groups is 3. The summed E-state index contributed by atoms with van der Waals surface area (Å²) in [4.78, 5) is 44.1. The zero-order valence-electron chi connectivity index (χ0n) is 20.1. The normalized spacial score (nSPS) is 17.1. The number of fused-ring (bicyclic) bond motifs is 1. The molecule has 0 saturated heterocycles. The van der Waals surface area contributed by atoms with Gasteiger partial charge in [-0.1, -0.05) is 42.0 Å². The summed E-state index contributed by atoms with van der Waals surface area (Å²) < 4.78 is 0. The zero-order chi connectivity index (χ0) is 25.8. The van der Waals surface area contributed by atoms with E-state index in [4.69, 9.17) is 5.73 Å². The number of aliphatic hydroxyl groups excluding tert-OH is 1. The van der Waals surface area contributed by atoms with E-state index in [-0.39, 0.29) is 48.4 Å². The molecule has 8 nitrogen and oxygen atoms in total. The summed E-state index contributed by atoms with van der Waals surface area (Å²) in [5.41, 5.74) is 8.64. The van der Waals surface area contributed by atoms with Gasteiger partial charge in [0.2, 0.25) is 0 Å². The first kappa shape index (κ1) is 24.9. The molecule has 1 aromatic heterocycles. The maximum atomic E-state index is 13.2. The molecule has 2 aromatic carbocycles. The first-order valence-electron chi connectivity index (χ1n) is 12.0. The van der Waals surface area contributed by atoms with Gasteiger partial charge in [0.05, 0.1) is 5.92 Å². The number of ketones is 3. The summed E-state index contributed by atoms with van der Waals surface area (Å²) in [6.07, 6.45) is 1.78. The number of imidazole rings is 1. The van der Waals surface area contributed by atoms with Gasteiger partial charge >= 0.3 is 5.95 Å². The van der Waals surface area contributed by atoms with Crippen molar-refractivity contribution in [3.63, 3.8) is 0 Å². The highest BCUT2D eigenvalue weighted by Crippen LogP contribution is 2.36. The Kier molecular flexibility index (Phi) is 7.33. The standard InChI is InChI=1S/C21H22O5.C7H7N3/c1-12-8-10-13(11-9-12)21(26)20(18-14(22)4-2-5-15(18)23)19-16(24)6-3-7-17(19)25;8-7-9-5-3-1-2-4-6(5)10-7/h8-11,20,22,24H,2-7H2,1H3;1-4H,(H3,8,9,10). The van der Waals surface area contributed by atoms with Crippen molar-refractivity contribution in [2.75, 3.05) is 5.73 Å². The number of benzene rings is 2. The van der Waals surface area contributed by atoms with E-state index in [0.717, 1.165) is 16.6 Å². The monoisotopic (exact) mass is 487 g/mol. The molecule has 3 aromatic rings. The number of aliphatic hydroxyl groups is 1. The summed E-state index contributed by atoms with van der Waals surface area (Å²) >= 11 is 0. The number of nitrogens with one attached hydrogen (secondary N) is 2. The third kappa shape index (κ3) is 5.22. The van der Waals surface area contributed by atoms with E-state index in [2.05, 4.69) is 9.97 Å². The SMILES string of the molecule is Cc1ccc(C(=O)C(C2=C([O-])CCCC2=O)C2=C(O)CCCC2=O)cc1.Nc1[nH]c2ccccc2[nH+]1. The molecule has 1 atom stereocenters. The van der Waals surface area contributed by atoms with Crippen molar-refractivity contribution in [2.24, 2.45) is 5.92 Å². The van der Waals surface area contributed by atoms with E-state index < -0.39 is 23.2 Å². The van der Waals surface area contributed by atoms with E-state index in [1.807, 2.05) is 31.2 Å². The van der Waals surface area contributed by atoms with Crippen LogP contribution in [-0.2, 0) is 9.59 Å². The van der Waals surface area contributed by atoms with Crippen molar-refractivity contribution in [1.82, 2.24) is 4.98 Å². The van der Waals surface area contributed by atoms with E-state index in [0.29, 0.717) is 24.4 Å². The van der Waals surface area contributed by atoms with E-state index >= 15 is 0 Å². The number of aryl methyl sites for hydroxylation is 1. The van der Waals surface area contributed by atoms with E-state index in [1.165, 1.54) is 0 Å². The van der Waals surface area contributed by atoms with Crippen molar-refractivity contribution in [3.8, 4) is 0 Å². The first-order valence-corrected chi connectivity index (χ1v) is 12.0. The van der Waals surface area contributed by atoms with Crippen LogP contribution in [0, 0.1) is 12.8 Å². The third-order valence-corrected chi connectivity index (χ3v) is 6.48. The minimum atomic E-state index is -1.30. The molecule has 186 valence electrons. The van der Waals surface area contributed by atoms with Gasteiger partial charge in [-0.15, -0.1) is 5.76 Å². The van der Waals surface area contributed by atoms with Crippen LogP contribution in [0.5, 0.6) is 0 Å². The molecular formula is C28H29N3O5. The van der Waals surface area contributed by atoms with Crippen LogP contribution < -0.4 is 15.8 Å². The number of Topliss-reactive ketones (excluding diaryl/α,β-unsaturated/α-hetero) is 3. The van der Waals surface area contributed by atoms with Gasteiger partial charge in [-0.25, -0.2) is 9.97 Å². The average Bonchev–Trinajstić information content (AvgIpc) is 3.23. The average molecular weight is 488 g/mol. The van der Waals surface area contributed by atoms with E-state index in [9.17, 15) is 24.6 Å². The number of rotatable bonds is 4. The molecule has 0 aliphatic heterocycles. The van der Waals surface area contributed by atoms with Gasteiger partial charge in [-0.3, -0.25) is 20.1 Å². The fourth-order valence-electron chi connectivity index (χ4n) is 4.64. The van der Waals surface area contributed by atoms with Crippen molar-refractivity contribution in [2.45, 2.75) is 45.4 Å². The smallest absolute Gasteiger partial charge is 0.351 e. The highest BCUT2D eigenvalue weighted by molar-refractivity contribution is 6.15. The molecule has 36 heavy (non-hydrogen) atoms. The fourth-order valence-corrected chi connectivity index (χ4v) is 4.64. The molecule has 5 N–H and O–H groups in total. The number of hydrogen-bond acceptors (Lipinski definition) is 6. The van der Waals surface area contributed by atoms with Gasteiger partial charge in [0, 0.05) is 30.4 Å². The van der Waals surface area contributed by atoms with Crippen molar-refractivity contribution >= 4 is 34.3 Å². The summed E-state index contributed by atoms with van der Waals surface area (Å²) in [7, 11) is 0. The Morgan fingerprint density at radius 3 is 2.25 bits per heavy atom.